The van der Waals surface area contributed by atoms with E-state index in [0.717, 1.165) is 45.1 Å². The minimum atomic E-state index is 0. The highest BCUT2D eigenvalue weighted by atomic mass is 35.5. The van der Waals surface area contributed by atoms with Crippen LogP contribution in [0.2, 0.25) is 0 Å². The molecule has 1 saturated heterocycles. The molecule has 0 saturated carbocycles. The molecular formula is C13H22Cl2N2O. The molecule has 18 heavy (non-hydrogen) atoms. The Kier molecular flexibility index (Phi) is 9.20. The molecule has 104 valence electrons. The number of ether oxygens (including phenoxy) is 1. The van der Waals surface area contributed by atoms with Crippen LogP contribution in [-0.2, 0) is 0 Å². The fraction of sp³-hybridized carbons (Fsp3) is 0.538. The zero-order valence-corrected chi connectivity index (χ0v) is 12.4. The number of nitrogens with one attached hydrogen (secondary N) is 1. The summed E-state index contributed by atoms with van der Waals surface area (Å²) in [6.07, 6.45) is 0. The van der Waals surface area contributed by atoms with Crippen molar-refractivity contribution in [1.29, 1.82) is 0 Å². The molecule has 1 aliphatic rings. The average Bonchev–Trinajstić information content (AvgIpc) is 2.33. The van der Waals surface area contributed by atoms with Crippen molar-refractivity contribution < 1.29 is 4.74 Å². The van der Waals surface area contributed by atoms with Crippen molar-refractivity contribution in [3.63, 3.8) is 0 Å². The van der Waals surface area contributed by atoms with Crippen molar-refractivity contribution >= 4 is 24.8 Å². The lowest BCUT2D eigenvalue weighted by Crippen LogP contribution is -2.44. The van der Waals surface area contributed by atoms with Gasteiger partial charge in [0.15, 0.2) is 0 Å². The highest BCUT2D eigenvalue weighted by Crippen LogP contribution is 2.15. The molecule has 2 rings (SSSR count). The molecule has 3 nitrogen and oxygen atoms in total. The number of benzene rings is 1. The summed E-state index contributed by atoms with van der Waals surface area (Å²) in [5.74, 6) is 1.01. The second-order valence-corrected chi connectivity index (χ2v) is 4.21. The van der Waals surface area contributed by atoms with Gasteiger partial charge in [0.1, 0.15) is 12.4 Å². The van der Waals surface area contributed by atoms with E-state index in [1.165, 1.54) is 5.56 Å². The van der Waals surface area contributed by atoms with Gasteiger partial charge < -0.3 is 10.1 Å². The fourth-order valence-electron chi connectivity index (χ4n) is 1.94. The molecule has 1 aromatic rings. The van der Waals surface area contributed by atoms with Gasteiger partial charge in [0, 0.05) is 32.7 Å². The molecule has 5 heteroatoms. The van der Waals surface area contributed by atoms with E-state index >= 15 is 0 Å². The van der Waals surface area contributed by atoms with Gasteiger partial charge in [0.05, 0.1) is 0 Å². The van der Waals surface area contributed by atoms with Crippen molar-refractivity contribution in [2.45, 2.75) is 6.92 Å². The molecule has 0 radical (unpaired) electrons. The van der Waals surface area contributed by atoms with Gasteiger partial charge in [0.2, 0.25) is 0 Å². The second kappa shape index (κ2) is 9.45. The Morgan fingerprint density at radius 2 is 1.83 bits per heavy atom. The summed E-state index contributed by atoms with van der Waals surface area (Å²) in [6.45, 7) is 8.37. The standard InChI is InChI=1S/C13H20N2O.2ClH/c1-12-4-2-3-5-13(12)16-11-10-15-8-6-14-7-9-15;;/h2-5,14H,6-11H2,1H3;2*1H. The first-order chi connectivity index (χ1) is 7.86. The van der Waals surface area contributed by atoms with Crippen molar-refractivity contribution in [1.82, 2.24) is 10.2 Å². The van der Waals surface area contributed by atoms with Crippen molar-refractivity contribution in [3.05, 3.63) is 29.8 Å². The summed E-state index contributed by atoms with van der Waals surface area (Å²) in [5.41, 5.74) is 1.21. The van der Waals surface area contributed by atoms with Gasteiger partial charge in [-0.2, -0.15) is 0 Å². The Labute approximate surface area is 122 Å². The molecule has 0 aromatic heterocycles. The van der Waals surface area contributed by atoms with Crippen molar-refractivity contribution in [3.8, 4) is 5.75 Å². The Morgan fingerprint density at radius 1 is 1.17 bits per heavy atom. The van der Waals surface area contributed by atoms with E-state index in [1.807, 2.05) is 18.2 Å². The summed E-state index contributed by atoms with van der Waals surface area (Å²) in [7, 11) is 0. The lowest BCUT2D eigenvalue weighted by atomic mass is 10.2. The van der Waals surface area contributed by atoms with Crippen molar-refractivity contribution in [2.24, 2.45) is 0 Å². The zero-order chi connectivity index (χ0) is 11.2. The Balaban J connectivity index is 0.00000144. The molecule has 0 amide bonds. The largest absolute Gasteiger partial charge is 0.492 e. The maximum Gasteiger partial charge on any atom is 0.122 e. The van der Waals surface area contributed by atoms with Gasteiger partial charge in [-0.15, -0.1) is 24.8 Å². The normalized spacial score (nSPS) is 15.4. The van der Waals surface area contributed by atoms with Gasteiger partial charge in [-0.1, -0.05) is 18.2 Å². The van der Waals surface area contributed by atoms with E-state index in [2.05, 4.69) is 23.2 Å². The number of hydrogen-bond donors (Lipinski definition) is 1. The van der Waals surface area contributed by atoms with Crippen LogP contribution in [0.3, 0.4) is 0 Å². The number of nitrogens with zero attached hydrogens (tertiary/aromatic N) is 1. The first-order valence-electron chi connectivity index (χ1n) is 5.98. The zero-order valence-electron chi connectivity index (χ0n) is 10.7. The lowest BCUT2D eigenvalue weighted by molar-refractivity contribution is 0.191. The molecule has 0 bridgehead atoms. The third-order valence-electron chi connectivity index (χ3n) is 2.97. The minimum absolute atomic E-state index is 0. The van der Waals surface area contributed by atoms with E-state index in [4.69, 9.17) is 4.74 Å². The van der Waals surface area contributed by atoms with Crippen LogP contribution in [0.4, 0.5) is 0 Å². The smallest absolute Gasteiger partial charge is 0.122 e. The van der Waals surface area contributed by atoms with E-state index < -0.39 is 0 Å². The monoisotopic (exact) mass is 292 g/mol. The van der Waals surface area contributed by atoms with E-state index in [1.54, 1.807) is 0 Å². The second-order valence-electron chi connectivity index (χ2n) is 4.21. The van der Waals surface area contributed by atoms with E-state index in [0.29, 0.717) is 0 Å². The highest BCUT2D eigenvalue weighted by Gasteiger charge is 2.08. The van der Waals surface area contributed by atoms with Crippen LogP contribution in [0.15, 0.2) is 24.3 Å². The molecule has 0 spiro atoms. The van der Waals surface area contributed by atoms with Crippen molar-refractivity contribution in [2.75, 3.05) is 39.3 Å². The maximum absolute atomic E-state index is 5.78. The number of rotatable bonds is 4. The first-order valence-corrected chi connectivity index (χ1v) is 5.98. The third-order valence-corrected chi connectivity index (χ3v) is 2.97. The quantitative estimate of drug-likeness (QED) is 0.920. The number of para-hydroxylation sites is 1. The Hall–Kier alpha value is -0.480. The van der Waals surface area contributed by atoms with Crippen LogP contribution in [0.5, 0.6) is 5.75 Å². The fourth-order valence-corrected chi connectivity index (χ4v) is 1.94. The summed E-state index contributed by atoms with van der Waals surface area (Å²) in [5, 5.41) is 3.35. The molecule has 1 heterocycles. The predicted octanol–water partition coefficient (Wildman–Crippen LogP) is 2.12. The average molecular weight is 293 g/mol. The van der Waals surface area contributed by atoms with Gasteiger partial charge in [-0.05, 0) is 18.6 Å². The van der Waals surface area contributed by atoms with Crippen LogP contribution in [0.1, 0.15) is 5.56 Å². The Morgan fingerprint density at radius 3 is 2.50 bits per heavy atom. The van der Waals surface area contributed by atoms with E-state index in [9.17, 15) is 0 Å². The number of hydrogen-bond acceptors (Lipinski definition) is 3. The number of aryl methyl sites for hydroxylation is 1. The highest BCUT2D eigenvalue weighted by molar-refractivity contribution is 5.85. The molecule has 0 unspecified atom stereocenters. The van der Waals surface area contributed by atoms with Crippen LogP contribution >= 0.6 is 24.8 Å². The van der Waals surface area contributed by atoms with Gasteiger partial charge in [0.25, 0.3) is 0 Å². The van der Waals surface area contributed by atoms with E-state index in [-0.39, 0.29) is 24.8 Å². The Bertz CT molecular complexity index is 331. The number of halogens is 2. The molecule has 1 fully saturated rings. The third kappa shape index (κ3) is 5.44. The molecule has 0 atom stereocenters. The summed E-state index contributed by atoms with van der Waals surface area (Å²) in [6, 6.07) is 8.18. The summed E-state index contributed by atoms with van der Waals surface area (Å²) >= 11 is 0. The maximum atomic E-state index is 5.78. The predicted molar refractivity (Wildman–Crippen MR) is 80.5 cm³/mol. The topological polar surface area (TPSA) is 24.5 Å². The van der Waals surface area contributed by atoms with Crippen LogP contribution in [0, 0.1) is 6.92 Å². The lowest BCUT2D eigenvalue weighted by Gasteiger charge is -2.27. The summed E-state index contributed by atoms with van der Waals surface area (Å²) < 4.78 is 5.78. The molecular weight excluding hydrogens is 271 g/mol. The van der Waals surface area contributed by atoms with Gasteiger partial charge >= 0.3 is 0 Å². The molecule has 1 aliphatic heterocycles. The molecule has 0 aliphatic carbocycles. The first kappa shape index (κ1) is 17.5. The summed E-state index contributed by atoms with van der Waals surface area (Å²) in [4.78, 5) is 2.44. The SMILES string of the molecule is Cc1ccccc1OCCN1CCNCC1.Cl.Cl. The van der Waals surface area contributed by atoms with Gasteiger partial charge in [-0.3, -0.25) is 4.90 Å². The minimum Gasteiger partial charge on any atom is -0.492 e. The molecule has 1 aromatic carbocycles. The van der Waals surface area contributed by atoms with Crippen LogP contribution in [-0.4, -0.2) is 44.2 Å². The van der Waals surface area contributed by atoms with Gasteiger partial charge in [-0.25, -0.2) is 0 Å². The molecule has 1 N–H and O–H groups in total. The van der Waals surface area contributed by atoms with Crippen LogP contribution in [0.25, 0.3) is 0 Å². The number of piperazine rings is 1. The van der Waals surface area contributed by atoms with Crippen LogP contribution < -0.4 is 10.1 Å².